The van der Waals surface area contributed by atoms with Crippen LogP contribution in [-0.4, -0.2) is 42.8 Å². The molecule has 1 fully saturated rings. The second kappa shape index (κ2) is 6.13. The molecule has 5 heteroatoms. The van der Waals surface area contributed by atoms with Crippen LogP contribution >= 0.6 is 0 Å². The number of carboxylic acid groups (broad SMARTS) is 1. The molecule has 1 aromatic carbocycles. The Hall–Kier alpha value is -1.75. The zero-order valence-corrected chi connectivity index (χ0v) is 12.1. The fourth-order valence-corrected chi connectivity index (χ4v) is 2.49. The summed E-state index contributed by atoms with van der Waals surface area (Å²) in [5.41, 5.74) is 0.958. The Kier molecular flexibility index (Phi) is 4.49. The zero-order valence-electron chi connectivity index (χ0n) is 12.1. The third-order valence-corrected chi connectivity index (χ3v) is 3.72. The van der Waals surface area contributed by atoms with Crippen molar-refractivity contribution in [2.24, 2.45) is 0 Å². The van der Waals surface area contributed by atoms with E-state index in [-0.39, 0.29) is 12.6 Å². The van der Waals surface area contributed by atoms with Crippen LogP contribution in [0.3, 0.4) is 0 Å². The molecule has 0 heterocycles. The van der Waals surface area contributed by atoms with Gasteiger partial charge < -0.3 is 14.6 Å². The van der Waals surface area contributed by atoms with Crippen molar-refractivity contribution in [1.29, 1.82) is 0 Å². The predicted octanol–water partition coefficient (Wildman–Crippen LogP) is 2.31. The van der Waals surface area contributed by atoms with E-state index in [1.54, 1.807) is 14.2 Å². The summed E-state index contributed by atoms with van der Waals surface area (Å²) in [5, 5.41) is 9.09. The van der Waals surface area contributed by atoms with Crippen LogP contribution in [0, 0.1) is 0 Å². The standard InChI is InChI=1S/C15H21NO4/c1-10(16(9-15(17)18)11-4-5-11)13-8-12(19-2)6-7-14(13)20-3/h6-8,10-11H,4-5,9H2,1-3H3,(H,17,18). The molecule has 0 bridgehead atoms. The molecule has 5 nitrogen and oxygen atoms in total. The molecule has 0 aromatic heterocycles. The van der Waals surface area contributed by atoms with Crippen LogP contribution in [0.15, 0.2) is 18.2 Å². The third-order valence-electron chi connectivity index (χ3n) is 3.72. The molecule has 0 aliphatic heterocycles. The van der Waals surface area contributed by atoms with Gasteiger partial charge in [-0.15, -0.1) is 0 Å². The molecule has 1 aliphatic carbocycles. The number of methoxy groups -OCH3 is 2. The summed E-state index contributed by atoms with van der Waals surface area (Å²) in [6.45, 7) is 2.06. The SMILES string of the molecule is COc1ccc(OC)c(C(C)N(CC(=O)O)C2CC2)c1. The normalized spacial score (nSPS) is 16.0. The lowest BCUT2D eigenvalue weighted by molar-refractivity contribution is -0.139. The van der Waals surface area contributed by atoms with E-state index in [0.717, 1.165) is 29.9 Å². The number of hydrogen-bond acceptors (Lipinski definition) is 4. The summed E-state index contributed by atoms with van der Waals surface area (Å²) in [7, 11) is 3.24. The van der Waals surface area contributed by atoms with E-state index in [1.807, 2.05) is 30.0 Å². The van der Waals surface area contributed by atoms with Crippen molar-refractivity contribution in [3.05, 3.63) is 23.8 Å². The van der Waals surface area contributed by atoms with E-state index in [9.17, 15) is 4.79 Å². The van der Waals surface area contributed by atoms with Crippen molar-refractivity contribution >= 4 is 5.97 Å². The largest absolute Gasteiger partial charge is 0.497 e. The molecule has 1 aromatic rings. The average Bonchev–Trinajstić information content (AvgIpc) is 3.27. The van der Waals surface area contributed by atoms with Gasteiger partial charge in [-0.1, -0.05) is 0 Å². The van der Waals surface area contributed by atoms with Gasteiger partial charge >= 0.3 is 5.97 Å². The second-order valence-corrected chi connectivity index (χ2v) is 5.08. The quantitative estimate of drug-likeness (QED) is 0.830. The fourth-order valence-electron chi connectivity index (χ4n) is 2.49. The van der Waals surface area contributed by atoms with Crippen molar-refractivity contribution in [1.82, 2.24) is 4.90 Å². The molecule has 1 saturated carbocycles. The maximum absolute atomic E-state index is 11.1. The van der Waals surface area contributed by atoms with Gasteiger partial charge in [0.1, 0.15) is 11.5 Å². The van der Waals surface area contributed by atoms with Gasteiger partial charge in [-0.2, -0.15) is 0 Å². The summed E-state index contributed by atoms with van der Waals surface area (Å²) in [6, 6.07) is 5.95. The molecule has 110 valence electrons. The third kappa shape index (κ3) is 3.22. The van der Waals surface area contributed by atoms with Crippen molar-refractivity contribution in [3.63, 3.8) is 0 Å². The van der Waals surface area contributed by atoms with Gasteiger partial charge in [-0.05, 0) is 38.0 Å². The Morgan fingerprint density at radius 2 is 2.10 bits per heavy atom. The molecular weight excluding hydrogens is 258 g/mol. The first-order chi connectivity index (χ1) is 9.56. The van der Waals surface area contributed by atoms with Gasteiger partial charge in [0.25, 0.3) is 0 Å². The number of carbonyl (C=O) groups is 1. The monoisotopic (exact) mass is 279 g/mol. The maximum atomic E-state index is 11.1. The maximum Gasteiger partial charge on any atom is 0.317 e. The number of aliphatic carboxylic acids is 1. The minimum absolute atomic E-state index is 0.0244. The van der Waals surface area contributed by atoms with Crippen molar-refractivity contribution < 1.29 is 19.4 Å². The Bertz CT molecular complexity index is 485. The number of hydrogen-bond donors (Lipinski definition) is 1. The summed E-state index contributed by atoms with van der Waals surface area (Å²) in [4.78, 5) is 13.1. The summed E-state index contributed by atoms with van der Waals surface area (Å²) in [6.07, 6.45) is 2.12. The van der Waals surface area contributed by atoms with Gasteiger partial charge in [0.2, 0.25) is 0 Å². The lowest BCUT2D eigenvalue weighted by atomic mass is 10.0. The molecule has 1 aliphatic rings. The van der Waals surface area contributed by atoms with E-state index < -0.39 is 5.97 Å². The summed E-state index contributed by atoms with van der Waals surface area (Å²) >= 11 is 0. The average molecular weight is 279 g/mol. The number of carboxylic acids is 1. The molecule has 2 rings (SSSR count). The first-order valence-corrected chi connectivity index (χ1v) is 6.76. The highest BCUT2D eigenvalue weighted by atomic mass is 16.5. The molecule has 0 radical (unpaired) electrons. The minimum Gasteiger partial charge on any atom is -0.497 e. The van der Waals surface area contributed by atoms with E-state index in [1.165, 1.54) is 0 Å². The Labute approximate surface area is 119 Å². The van der Waals surface area contributed by atoms with Crippen LogP contribution in [0.5, 0.6) is 11.5 Å². The van der Waals surface area contributed by atoms with Crippen LogP contribution in [0.25, 0.3) is 0 Å². The van der Waals surface area contributed by atoms with E-state index in [4.69, 9.17) is 14.6 Å². The predicted molar refractivity (Wildman–Crippen MR) is 75.3 cm³/mol. The van der Waals surface area contributed by atoms with Gasteiger partial charge in [-0.25, -0.2) is 0 Å². The summed E-state index contributed by atoms with van der Waals surface area (Å²) in [5.74, 6) is 0.707. The van der Waals surface area contributed by atoms with E-state index in [0.29, 0.717) is 6.04 Å². The second-order valence-electron chi connectivity index (χ2n) is 5.08. The first kappa shape index (κ1) is 14.7. The summed E-state index contributed by atoms with van der Waals surface area (Å²) < 4.78 is 10.6. The number of ether oxygens (including phenoxy) is 2. The van der Waals surface area contributed by atoms with Crippen LogP contribution in [0.4, 0.5) is 0 Å². The van der Waals surface area contributed by atoms with Crippen molar-refractivity contribution in [2.45, 2.75) is 31.8 Å². The van der Waals surface area contributed by atoms with Gasteiger partial charge in [0.05, 0.1) is 20.8 Å². The topological polar surface area (TPSA) is 59.0 Å². The van der Waals surface area contributed by atoms with Crippen LogP contribution < -0.4 is 9.47 Å². The lowest BCUT2D eigenvalue weighted by Crippen LogP contribution is -2.34. The molecule has 1 unspecified atom stereocenters. The van der Waals surface area contributed by atoms with Crippen LogP contribution in [-0.2, 0) is 4.79 Å². The van der Waals surface area contributed by atoms with E-state index >= 15 is 0 Å². The van der Waals surface area contributed by atoms with Crippen LogP contribution in [0.2, 0.25) is 0 Å². The number of nitrogens with zero attached hydrogens (tertiary/aromatic N) is 1. The number of rotatable bonds is 7. The highest BCUT2D eigenvalue weighted by molar-refractivity contribution is 5.69. The molecule has 20 heavy (non-hydrogen) atoms. The molecule has 0 saturated heterocycles. The zero-order chi connectivity index (χ0) is 14.7. The Morgan fingerprint density at radius 3 is 2.60 bits per heavy atom. The van der Waals surface area contributed by atoms with Crippen molar-refractivity contribution in [2.75, 3.05) is 20.8 Å². The van der Waals surface area contributed by atoms with E-state index in [2.05, 4.69) is 0 Å². The van der Waals surface area contributed by atoms with Gasteiger partial charge in [0.15, 0.2) is 0 Å². The molecular formula is C15H21NO4. The molecule has 0 spiro atoms. The fraction of sp³-hybridized carbons (Fsp3) is 0.533. The van der Waals surface area contributed by atoms with Gasteiger partial charge in [-0.3, -0.25) is 9.69 Å². The minimum atomic E-state index is -0.800. The smallest absolute Gasteiger partial charge is 0.317 e. The Morgan fingerprint density at radius 1 is 1.40 bits per heavy atom. The molecule has 1 atom stereocenters. The number of benzene rings is 1. The molecule has 1 N–H and O–H groups in total. The van der Waals surface area contributed by atoms with Crippen molar-refractivity contribution in [3.8, 4) is 11.5 Å². The molecule has 0 amide bonds. The Balaban J connectivity index is 2.29. The van der Waals surface area contributed by atoms with Gasteiger partial charge in [0, 0.05) is 17.6 Å². The lowest BCUT2D eigenvalue weighted by Gasteiger charge is -2.29. The highest BCUT2D eigenvalue weighted by Gasteiger charge is 2.35. The van der Waals surface area contributed by atoms with Crippen LogP contribution in [0.1, 0.15) is 31.4 Å². The highest BCUT2D eigenvalue weighted by Crippen LogP contribution is 2.38. The first-order valence-electron chi connectivity index (χ1n) is 6.76.